The number of hydrogen-bond acceptors (Lipinski definition) is 5. The third-order valence-corrected chi connectivity index (χ3v) is 7.15. The topological polar surface area (TPSA) is 83.6 Å². The van der Waals surface area contributed by atoms with E-state index in [0.29, 0.717) is 6.54 Å². The van der Waals surface area contributed by atoms with Gasteiger partial charge in [-0.15, -0.1) is 11.3 Å². The van der Waals surface area contributed by atoms with E-state index in [-0.39, 0.29) is 27.9 Å². The maximum Gasteiger partial charge on any atom is 0.252 e. The van der Waals surface area contributed by atoms with Gasteiger partial charge >= 0.3 is 0 Å². The number of carbonyl (C=O) groups excluding carboxylic acids is 2. The minimum atomic E-state index is -3.70. The molecule has 1 atom stereocenters. The second-order valence-corrected chi connectivity index (χ2v) is 9.33. The van der Waals surface area contributed by atoms with Gasteiger partial charge in [-0.2, -0.15) is 0 Å². The Morgan fingerprint density at radius 1 is 1.38 bits per heavy atom. The Hall–Kier alpha value is -1.90. The van der Waals surface area contributed by atoms with Crippen LogP contribution in [0.4, 0.5) is 5.69 Å². The van der Waals surface area contributed by atoms with Gasteiger partial charge in [-0.3, -0.25) is 9.59 Å². The molecule has 1 aliphatic heterocycles. The molecular formula is C17H17ClN2O4S2. The van der Waals surface area contributed by atoms with E-state index >= 15 is 0 Å². The number of anilines is 1. The highest BCUT2D eigenvalue weighted by molar-refractivity contribution is 7.94. The summed E-state index contributed by atoms with van der Waals surface area (Å²) in [6, 6.07) is 8.14. The van der Waals surface area contributed by atoms with Gasteiger partial charge in [-0.25, -0.2) is 12.7 Å². The number of hydrogen-bond donors (Lipinski definition) is 1. The lowest BCUT2D eigenvalue weighted by Gasteiger charge is -2.16. The first-order valence-electron chi connectivity index (χ1n) is 7.96. The number of carbonyl (C=O) groups is 2. The molecule has 0 spiro atoms. The molecule has 1 N–H and O–H groups in total. The zero-order valence-electron chi connectivity index (χ0n) is 13.9. The SMILES string of the molecule is C[C@@H]1CS(=O)(=O)N(c2ccc(C(=O)NCCc3cccs3)c(Cl)c2)C1=O. The van der Waals surface area contributed by atoms with Crippen LogP contribution >= 0.6 is 22.9 Å². The molecule has 1 aliphatic rings. The molecule has 0 aliphatic carbocycles. The predicted molar refractivity (Wildman–Crippen MR) is 102 cm³/mol. The van der Waals surface area contributed by atoms with E-state index in [1.165, 1.54) is 23.1 Å². The number of nitrogens with one attached hydrogen (secondary N) is 1. The molecule has 2 amide bonds. The largest absolute Gasteiger partial charge is 0.352 e. The summed E-state index contributed by atoms with van der Waals surface area (Å²) in [6.07, 6.45) is 0.720. The van der Waals surface area contributed by atoms with Gasteiger partial charge in [-0.1, -0.05) is 24.6 Å². The molecule has 0 bridgehead atoms. The molecule has 2 heterocycles. The summed E-state index contributed by atoms with van der Waals surface area (Å²) in [4.78, 5) is 25.6. The van der Waals surface area contributed by atoms with Crippen LogP contribution in [0.15, 0.2) is 35.7 Å². The van der Waals surface area contributed by atoms with E-state index in [1.807, 2.05) is 17.5 Å². The minimum absolute atomic E-state index is 0.0960. The monoisotopic (exact) mass is 412 g/mol. The average Bonchev–Trinajstić information content (AvgIpc) is 3.13. The standard InChI is InChI=1S/C17H17ClN2O4S2/c1-11-10-26(23,24)20(17(11)22)12-4-5-14(15(18)9-12)16(21)19-7-6-13-3-2-8-25-13/h2-5,8-9,11H,6-7,10H2,1H3,(H,19,21)/t11-/m1/s1. The maximum absolute atomic E-state index is 12.3. The number of rotatable bonds is 5. The van der Waals surface area contributed by atoms with Crippen LogP contribution < -0.4 is 9.62 Å². The van der Waals surface area contributed by atoms with Crippen molar-refractivity contribution in [1.82, 2.24) is 5.32 Å². The smallest absolute Gasteiger partial charge is 0.252 e. The van der Waals surface area contributed by atoms with Crippen molar-refractivity contribution < 1.29 is 18.0 Å². The molecule has 26 heavy (non-hydrogen) atoms. The van der Waals surface area contributed by atoms with Crippen molar-refractivity contribution in [3.8, 4) is 0 Å². The highest BCUT2D eigenvalue weighted by Gasteiger charge is 2.42. The normalized spacial score (nSPS) is 18.9. The Morgan fingerprint density at radius 3 is 2.73 bits per heavy atom. The zero-order chi connectivity index (χ0) is 18.9. The number of benzene rings is 1. The summed E-state index contributed by atoms with van der Waals surface area (Å²) < 4.78 is 25.1. The van der Waals surface area contributed by atoms with E-state index < -0.39 is 21.8 Å². The zero-order valence-corrected chi connectivity index (χ0v) is 16.3. The van der Waals surface area contributed by atoms with E-state index in [2.05, 4.69) is 5.32 Å². The molecule has 1 aromatic carbocycles. The average molecular weight is 413 g/mol. The Bertz CT molecular complexity index is 942. The first kappa shape index (κ1) is 18.9. The molecule has 0 unspecified atom stereocenters. The quantitative estimate of drug-likeness (QED) is 0.818. The number of amides is 2. The first-order valence-corrected chi connectivity index (χ1v) is 10.8. The maximum atomic E-state index is 12.3. The first-order chi connectivity index (χ1) is 12.3. The Morgan fingerprint density at radius 2 is 2.15 bits per heavy atom. The molecular weight excluding hydrogens is 396 g/mol. The molecule has 1 fully saturated rings. The second kappa shape index (κ2) is 7.38. The van der Waals surface area contributed by atoms with Crippen molar-refractivity contribution >= 4 is 50.5 Å². The van der Waals surface area contributed by atoms with Crippen LogP contribution in [0.5, 0.6) is 0 Å². The summed E-state index contributed by atoms with van der Waals surface area (Å²) in [5.74, 6) is -1.66. The third-order valence-electron chi connectivity index (χ3n) is 4.03. The molecule has 0 radical (unpaired) electrons. The van der Waals surface area contributed by atoms with Crippen molar-refractivity contribution in [3.05, 3.63) is 51.2 Å². The molecule has 1 saturated heterocycles. The molecule has 0 saturated carbocycles. The highest BCUT2D eigenvalue weighted by Crippen LogP contribution is 2.31. The van der Waals surface area contributed by atoms with E-state index in [1.54, 1.807) is 18.3 Å². The Kier molecular flexibility index (Phi) is 5.36. The van der Waals surface area contributed by atoms with Crippen LogP contribution in [0.25, 0.3) is 0 Å². The number of halogens is 1. The molecule has 6 nitrogen and oxygen atoms in total. The van der Waals surface area contributed by atoms with Crippen molar-refractivity contribution in [2.24, 2.45) is 5.92 Å². The second-order valence-electron chi connectivity index (χ2n) is 6.03. The number of sulfonamides is 1. The molecule has 9 heteroatoms. The number of nitrogens with zero attached hydrogens (tertiary/aromatic N) is 1. The van der Waals surface area contributed by atoms with Gasteiger partial charge in [0.15, 0.2) is 0 Å². The highest BCUT2D eigenvalue weighted by atomic mass is 35.5. The van der Waals surface area contributed by atoms with Crippen molar-refractivity contribution in [2.45, 2.75) is 13.3 Å². The fraction of sp³-hybridized carbons (Fsp3) is 0.294. The fourth-order valence-electron chi connectivity index (χ4n) is 2.75. The fourth-order valence-corrected chi connectivity index (χ4v) is 5.53. The number of thiophene rings is 1. The Balaban J connectivity index is 1.73. The lowest BCUT2D eigenvalue weighted by molar-refractivity contribution is -0.119. The van der Waals surface area contributed by atoms with Gasteiger partial charge in [0, 0.05) is 11.4 Å². The summed E-state index contributed by atoms with van der Waals surface area (Å²) in [5.41, 5.74) is 0.387. The third kappa shape index (κ3) is 3.77. The summed E-state index contributed by atoms with van der Waals surface area (Å²) >= 11 is 7.78. The van der Waals surface area contributed by atoms with Gasteiger partial charge in [0.1, 0.15) is 0 Å². The van der Waals surface area contributed by atoms with Crippen LogP contribution in [0, 0.1) is 5.92 Å². The van der Waals surface area contributed by atoms with Gasteiger partial charge in [0.05, 0.1) is 27.9 Å². The van der Waals surface area contributed by atoms with Crippen LogP contribution in [0.3, 0.4) is 0 Å². The van der Waals surface area contributed by atoms with Crippen molar-refractivity contribution in [3.63, 3.8) is 0 Å². The van der Waals surface area contributed by atoms with Crippen LogP contribution in [0.1, 0.15) is 22.2 Å². The molecule has 2 aromatic rings. The van der Waals surface area contributed by atoms with E-state index in [0.717, 1.165) is 10.7 Å². The summed E-state index contributed by atoms with van der Waals surface area (Å²) in [6.45, 7) is 2.03. The lowest BCUT2D eigenvalue weighted by Crippen LogP contribution is -2.30. The predicted octanol–water partition coefficient (Wildman–Crippen LogP) is 2.69. The van der Waals surface area contributed by atoms with Gasteiger partial charge < -0.3 is 5.32 Å². The van der Waals surface area contributed by atoms with Crippen LogP contribution in [-0.2, 0) is 21.2 Å². The van der Waals surface area contributed by atoms with Crippen LogP contribution in [0.2, 0.25) is 5.02 Å². The van der Waals surface area contributed by atoms with Gasteiger partial charge in [0.25, 0.3) is 5.91 Å². The van der Waals surface area contributed by atoms with Gasteiger partial charge in [-0.05, 0) is 36.1 Å². The molecule has 138 valence electrons. The Labute approximate surface area is 160 Å². The lowest BCUT2D eigenvalue weighted by atomic mass is 10.1. The minimum Gasteiger partial charge on any atom is -0.352 e. The molecule has 3 rings (SSSR count). The van der Waals surface area contributed by atoms with E-state index in [9.17, 15) is 18.0 Å². The molecule has 1 aromatic heterocycles. The van der Waals surface area contributed by atoms with Crippen molar-refractivity contribution in [2.75, 3.05) is 16.6 Å². The summed E-state index contributed by atoms with van der Waals surface area (Å²) in [7, 11) is -3.70. The summed E-state index contributed by atoms with van der Waals surface area (Å²) in [5, 5.41) is 4.85. The van der Waals surface area contributed by atoms with Crippen LogP contribution in [-0.4, -0.2) is 32.5 Å². The van der Waals surface area contributed by atoms with E-state index in [4.69, 9.17) is 11.6 Å². The van der Waals surface area contributed by atoms with Gasteiger partial charge in [0.2, 0.25) is 15.9 Å². The van der Waals surface area contributed by atoms with Crippen molar-refractivity contribution in [1.29, 1.82) is 0 Å².